The molecule has 128 valence electrons. The van der Waals surface area contributed by atoms with E-state index in [1.807, 2.05) is 71.5 Å². The van der Waals surface area contributed by atoms with E-state index in [1.54, 1.807) is 18.3 Å². The molecule has 0 aliphatic heterocycles. The molecular weight excluding hydrogens is 344 g/mol. The van der Waals surface area contributed by atoms with Crippen LogP contribution in [0.25, 0.3) is 0 Å². The molecule has 0 aliphatic rings. The molecule has 1 N–H and O–H groups in total. The largest absolute Gasteiger partial charge is 0.508 e. The van der Waals surface area contributed by atoms with Crippen molar-refractivity contribution < 1.29 is 5.11 Å². The van der Waals surface area contributed by atoms with Crippen LogP contribution in [0.15, 0.2) is 97.3 Å². The fourth-order valence-corrected chi connectivity index (χ4v) is 3.77. The fourth-order valence-electron chi connectivity index (χ4n) is 3.50. The van der Waals surface area contributed by atoms with Crippen molar-refractivity contribution in [3.8, 4) is 5.75 Å². The van der Waals surface area contributed by atoms with Gasteiger partial charge >= 0.3 is 0 Å². The minimum Gasteiger partial charge on any atom is -0.508 e. The lowest BCUT2D eigenvalue weighted by Crippen LogP contribution is -2.38. The Labute approximate surface area is 157 Å². The van der Waals surface area contributed by atoms with Crippen molar-refractivity contribution >= 4 is 11.6 Å². The van der Waals surface area contributed by atoms with E-state index in [4.69, 9.17) is 11.6 Å². The first-order chi connectivity index (χ1) is 12.7. The van der Waals surface area contributed by atoms with Crippen LogP contribution >= 0.6 is 11.6 Å². The average Bonchev–Trinajstić information content (AvgIpc) is 3.20. The number of aromatic nitrogens is 2. The summed E-state index contributed by atoms with van der Waals surface area (Å²) in [6.45, 7) is 0. The van der Waals surface area contributed by atoms with Crippen LogP contribution in [0.2, 0.25) is 5.02 Å². The van der Waals surface area contributed by atoms with Gasteiger partial charge in [0.1, 0.15) is 11.3 Å². The average molecular weight is 361 g/mol. The maximum Gasteiger partial charge on any atom is 0.139 e. The van der Waals surface area contributed by atoms with Crippen LogP contribution in [-0.2, 0) is 5.54 Å². The Hall–Kier alpha value is -3.04. The summed E-state index contributed by atoms with van der Waals surface area (Å²) in [6, 6.07) is 26.9. The Morgan fingerprint density at radius 3 is 2.23 bits per heavy atom. The van der Waals surface area contributed by atoms with Crippen LogP contribution in [0.5, 0.6) is 5.75 Å². The highest BCUT2D eigenvalue weighted by atomic mass is 35.5. The molecule has 0 bridgehead atoms. The van der Waals surface area contributed by atoms with E-state index in [1.165, 1.54) is 0 Å². The van der Waals surface area contributed by atoms with Crippen LogP contribution in [0.3, 0.4) is 0 Å². The van der Waals surface area contributed by atoms with E-state index in [0.717, 1.165) is 16.7 Å². The van der Waals surface area contributed by atoms with Crippen molar-refractivity contribution in [2.24, 2.45) is 0 Å². The molecule has 0 spiro atoms. The summed E-state index contributed by atoms with van der Waals surface area (Å²) in [6.07, 6.45) is 3.66. The summed E-state index contributed by atoms with van der Waals surface area (Å²) in [4.78, 5) is 0. The van der Waals surface area contributed by atoms with Gasteiger partial charge < -0.3 is 5.11 Å². The van der Waals surface area contributed by atoms with Gasteiger partial charge in [-0.15, -0.1) is 0 Å². The van der Waals surface area contributed by atoms with Crippen LogP contribution < -0.4 is 0 Å². The molecule has 1 heterocycles. The fraction of sp³-hybridized carbons (Fsp3) is 0.0455. The zero-order chi connectivity index (χ0) is 18.0. The van der Waals surface area contributed by atoms with Crippen molar-refractivity contribution in [2.45, 2.75) is 5.54 Å². The maximum absolute atomic E-state index is 10.2. The van der Waals surface area contributed by atoms with E-state index < -0.39 is 5.54 Å². The van der Waals surface area contributed by atoms with Gasteiger partial charge in [-0.05, 0) is 35.4 Å². The molecule has 4 rings (SSSR count). The summed E-state index contributed by atoms with van der Waals surface area (Å²) in [7, 11) is 0. The first kappa shape index (κ1) is 16.4. The quantitative estimate of drug-likeness (QED) is 0.515. The highest BCUT2D eigenvalue weighted by molar-refractivity contribution is 6.31. The van der Waals surface area contributed by atoms with Gasteiger partial charge in [0.25, 0.3) is 0 Å². The van der Waals surface area contributed by atoms with Gasteiger partial charge in [-0.2, -0.15) is 5.10 Å². The Kier molecular flexibility index (Phi) is 4.23. The van der Waals surface area contributed by atoms with E-state index in [0.29, 0.717) is 5.02 Å². The van der Waals surface area contributed by atoms with Gasteiger partial charge in [-0.25, -0.2) is 0 Å². The minimum atomic E-state index is -0.804. The van der Waals surface area contributed by atoms with Gasteiger partial charge in [0.2, 0.25) is 0 Å². The van der Waals surface area contributed by atoms with E-state index in [-0.39, 0.29) is 5.75 Å². The summed E-state index contributed by atoms with van der Waals surface area (Å²) in [5.74, 6) is 0.196. The Morgan fingerprint density at radius 2 is 1.54 bits per heavy atom. The second-order valence-electron chi connectivity index (χ2n) is 6.06. The molecule has 1 aromatic heterocycles. The molecule has 26 heavy (non-hydrogen) atoms. The smallest absolute Gasteiger partial charge is 0.139 e. The minimum absolute atomic E-state index is 0.196. The molecule has 4 aromatic rings. The topological polar surface area (TPSA) is 38.0 Å². The van der Waals surface area contributed by atoms with Crippen molar-refractivity contribution in [1.29, 1.82) is 0 Å². The van der Waals surface area contributed by atoms with Crippen molar-refractivity contribution in [1.82, 2.24) is 9.78 Å². The number of benzene rings is 3. The first-order valence-corrected chi connectivity index (χ1v) is 8.71. The third-order valence-corrected chi connectivity index (χ3v) is 4.90. The summed E-state index contributed by atoms with van der Waals surface area (Å²) < 4.78 is 1.89. The van der Waals surface area contributed by atoms with Gasteiger partial charge in [0, 0.05) is 23.0 Å². The number of halogens is 1. The zero-order valence-electron chi connectivity index (χ0n) is 14.0. The van der Waals surface area contributed by atoms with Gasteiger partial charge in [0.05, 0.1) is 0 Å². The van der Waals surface area contributed by atoms with E-state index in [2.05, 4.69) is 17.2 Å². The molecule has 3 nitrogen and oxygen atoms in total. The molecule has 0 saturated heterocycles. The molecule has 0 saturated carbocycles. The monoisotopic (exact) mass is 360 g/mol. The molecule has 0 radical (unpaired) electrons. The molecule has 4 heteroatoms. The summed E-state index contributed by atoms with van der Waals surface area (Å²) in [5.41, 5.74) is 1.96. The Morgan fingerprint density at radius 1 is 0.808 bits per heavy atom. The summed E-state index contributed by atoms with van der Waals surface area (Å²) in [5, 5.41) is 15.4. The van der Waals surface area contributed by atoms with Crippen LogP contribution in [0, 0.1) is 0 Å². The van der Waals surface area contributed by atoms with Crippen LogP contribution in [-0.4, -0.2) is 14.9 Å². The molecule has 0 amide bonds. The van der Waals surface area contributed by atoms with E-state index in [9.17, 15) is 5.11 Å². The van der Waals surface area contributed by atoms with Crippen molar-refractivity contribution in [3.05, 3.63) is 119 Å². The standard InChI is InChI=1S/C22H17ClN2O/c23-21-13-5-4-12-20(21)22(25-15-7-14-24-25,17-8-2-1-3-9-17)18-10-6-11-19(26)16-18/h1-16,26H. The number of rotatable bonds is 4. The van der Waals surface area contributed by atoms with Gasteiger partial charge in [0.15, 0.2) is 0 Å². The molecular formula is C22H17ClN2O. The lowest BCUT2D eigenvalue weighted by molar-refractivity contribution is 0.448. The molecule has 1 unspecified atom stereocenters. The third-order valence-electron chi connectivity index (χ3n) is 4.57. The van der Waals surface area contributed by atoms with Crippen molar-refractivity contribution in [2.75, 3.05) is 0 Å². The predicted octanol–water partition coefficient (Wildman–Crippen LogP) is 5.08. The molecule has 0 fully saturated rings. The molecule has 3 aromatic carbocycles. The number of hydrogen-bond donors (Lipinski definition) is 1. The van der Waals surface area contributed by atoms with Crippen molar-refractivity contribution in [3.63, 3.8) is 0 Å². The number of phenols is 1. The van der Waals surface area contributed by atoms with Gasteiger partial charge in [-0.3, -0.25) is 4.68 Å². The zero-order valence-corrected chi connectivity index (χ0v) is 14.7. The number of phenolic OH excluding ortho intramolecular Hbond substituents is 1. The number of aromatic hydroxyl groups is 1. The maximum atomic E-state index is 10.2. The lowest BCUT2D eigenvalue weighted by atomic mass is 9.77. The Bertz CT molecular complexity index is 1020. The second-order valence-corrected chi connectivity index (χ2v) is 6.46. The SMILES string of the molecule is Oc1cccc(C(c2ccccc2)(c2ccccc2Cl)n2cccn2)c1. The van der Waals surface area contributed by atoms with Crippen LogP contribution in [0.4, 0.5) is 0 Å². The van der Waals surface area contributed by atoms with Crippen LogP contribution in [0.1, 0.15) is 16.7 Å². The summed E-state index contributed by atoms with van der Waals surface area (Å²) >= 11 is 6.66. The number of hydrogen-bond acceptors (Lipinski definition) is 2. The van der Waals surface area contributed by atoms with Gasteiger partial charge in [-0.1, -0.05) is 72.3 Å². The number of nitrogens with zero attached hydrogens (tertiary/aromatic N) is 2. The molecule has 0 aliphatic carbocycles. The highest BCUT2D eigenvalue weighted by Gasteiger charge is 2.40. The Balaban J connectivity index is 2.16. The predicted molar refractivity (Wildman–Crippen MR) is 104 cm³/mol. The lowest BCUT2D eigenvalue weighted by Gasteiger charge is -2.37. The highest BCUT2D eigenvalue weighted by Crippen LogP contribution is 2.43. The third kappa shape index (κ3) is 2.57. The van der Waals surface area contributed by atoms with E-state index >= 15 is 0 Å². The first-order valence-electron chi connectivity index (χ1n) is 8.33. The second kappa shape index (κ2) is 6.70. The molecule has 1 atom stereocenters. The normalized spacial score (nSPS) is 13.3.